The zero-order chi connectivity index (χ0) is 12.1. The highest BCUT2D eigenvalue weighted by Gasteiger charge is 2.09. The predicted octanol–water partition coefficient (Wildman–Crippen LogP) is 1.52. The maximum Gasteiger partial charge on any atom is 0.254 e. The fourth-order valence-electron chi connectivity index (χ4n) is 1.47. The summed E-state index contributed by atoms with van der Waals surface area (Å²) in [5.41, 5.74) is 0.996. The van der Waals surface area contributed by atoms with Crippen LogP contribution in [0.2, 0.25) is 0 Å². The van der Waals surface area contributed by atoms with Gasteiger partial charge in [-0.2, -0.15) is 0 Å². The van der Waals surface area contributed by atoms with Crippen LogP contribution >= 0.6 is 0 Å². The molecule has 2 aromatic rings. The van der Waals surface area contributed by atoms with E-state index >= 15 is 0 Å². The summed E-state index contributed by atoms with van der Waals surface area (Å²) in [4.78, 5) is 18.4. The fourth-order valence-corrected chi connectivity index (χ4v) is 1.47. The van der Waals surface area contributed by atoms with Crippen LogP contribution in [0.1, 0.15) is 16.1 Å². The lowest BCUT2D eigenvalue weighted by Gasteiger charge is -2.04. The molecule has 1 heterocycles. The number of nitrogens with zero attached hydrogens (tertiary/aromatic N) is 1. The first-order valence-corrected chi connectivity index (χ1v) is 5.27. The van der Waals surface area contributed by atoms with E-state index in [0.29, 0.717) is 13.0 Å². The first-order valence-electron chi connectivity index (χ1n) is 5.27. The van der Waals surface area contributed by atoms with Crippen LogP contribution in [0.15, 0.2) is 36.8 Å². The van der Waals surface area contributed by atoms with Crippen LogP contribution in [0.5, 0.6) is 0 Å². The summed E-state index contributed by atoms with van der Waals surface area (Å²) < 4.78 is 13.3. The van der Waals surface area contributed by atoms with E-state index in [2.05, 4.69) is 15.3 Å². The van der Waals surface area contributed by atoms with E-state index in [0.717, 1.165) is 5.69 Å². The van der Waals surface area contributed by atoms with Crippen LogP contribution < -0.4 is 5.32 Å². The van der Waals surface area contributed by atoms with Crippen molar-refractivity contribution in [3.8, 4) is 0 Å². The van der Waals surface area contributed by atoms with Gasteiger partial charge < -0.3 is 10.3 Å². The van der Waals surface area contributed by atoms with Crippen molar-refractivity contribution in [2.75, 3.05) is 6.54 Å². The Balaban J connectivity index is 1.88. The predicted molar refractivity (Wildman–Crippen MR) is 61.0 cm³/mol. The van der Waals surface area contributed by atoms with Gasteiger partial charge in [0.05, 0.1) is 11.9 Å². The molecule has 0 fully saturated rings. The van der Waals surface area contributed by atoms with Gasteiger partial charge in [-0.05, 0) is 12.1 Å². The van der Waals surface area contributed by atoms with Gasteiger partial charge >= 0.3 is 0 Å². The van der Waals surface area contributed by atoms with Crippen molar-refractivity contribution < 1.29 is 9.18 Å². The van der Waals surface area contributed by atoms with E-state index in [1.54, 1.807) is 24.7 Å². The zero-order valence-corrected chi connectivity index (χ0v) is 9.11. The van der Waals surface area contributed by atoms with Crippen molar-refractivity contribution in [2.45, 2.75) is 6.42 Å². The number of amides is 1. The van der Waals surface area contributed by atoms with E-state index in [-0.39, 0.29) is 5.56 Å². The van der Waals surface area contributed by atoms with Crippen molar-refractivity contribution in [2.24, 2.45) is 0 Å². The smallest absolute Gasteiger partial charge is 0.254 e. The van der Waals surface area contributed by atoms with Crippen molar-refractivity contribution in [3.63, 3.8) is 0 Å². The number of H-pyrrole nitrogens is 1. The Morgan fingerprint density at radius 1 is 1.41 bits per heavy atom. The Kier molecular flexibility index (Phi) is 3.49. The Hall–Kier alpha value is -2.17. The lowest BCUT2D eigenvalue weighted by atomic mass is 10.2. The first kappa shape index (κ1) is 11.3. The molecule has 0 radical (unpaired) electrons. The molecule has 5 heteroatoms. The lowest BCUT2D eigenvalue weighted by Crippen LogP contribution is -2.26. The van der Waals surface area contributed by atoms with E-state index in [1.807, 2.05) is 0 Å². The molecule has 1 aromatic heterocycles. The molecule has 0 unspecified atom stereocenters. The third-order valence-corrected chi connectivity index (χ3v) is 2.35. The Bertz CT molecular complexity index is 496. The highest BCUT2D eigenvalue weighted by molar-refractivity contribution is 5.94. The highest BCUT2D eigenvalue weighted by atomic mass is 19.1. The maximum atomic E-state index is 13.3. The van der Waals surface area contributed by atoms with Gasteiger partial charge in [0, 0.05) is 24.9 Å². The molecular weight excluding hydrogens is 221 g/mol. The number of carbonyl (C=O) groups is 1. The molecule has 0 spiro atoms. The number of hydrogen-bond acceptors (Lipinski definition) is 2. The normalized spacial score (nSPS) is 10.2. The van der Waals surface area contributed by atoms with Gasteiger partial charge in [-0.25, -0.2) is 9.37 Å². The summed E-state index contributed by atoms with van der Waals surface area (Å²) in [7, 11) is 0. The average molecular weight is 233 g/mol. The van der Waals surface area contributed by atoms with Gasteiger partial charge in [0.15, 0.2) is 0 Å². The number of aromatic nitrogens is 2. The second kappa shape index (κ2) is 5.25. The largest absolute Gasteiger partial charge is 0.352 e. The minimum Gasteiger partial charge on any atom is -0.352 e. The molecule has 0 aliphatic carbocycles. The van der Waals surface area contributed by atoms with Gasteiger partial charge in [-0.15, -0.1) is 0 Å². The number of aromatic amines is 1. The molecule has 0 atom stereocenters. The summed E-state index contributed by atoms with van der Waals surface area (Å²) in [5, 5.41) is 2.65. The molecule has 2 rings (SSSR count). The van der Waals surface area contributed by atoms with Crippen LogP contribution in [0.4, 0.5) is 4.39 Å². The van der Waals surface area contributed by atoms with Gasteiger partial charge in [-0.1, -0.05) is 12.1 Å². The molecule has 17 heavy (non-hydrogen) atoms. The van der Waals surface area contributed by atoms with Gasteiger partial charge in [0.25, 0.3) is 5.91 Å². The SMILES string of the molecule is O=C(NCCc1cnc[nH]1)c1ccccc1F. The highest BCUT2D eigenvalue weighted by Crippen LogP contribution is 2.05. The summed E-state index contributed by atoms with van der Waals surface area (Å²) in [6.07, 6.45) is 3.91. The van der Waals surface area contributed by atoms with Crippen LogP contribution in [-0.2, 0) is 6.42 Å². The van der Waals surface area contributed by atoms with E-state index in [4.69, 9.17) is 0 Å². The third kappa shape index (κ3) is 2.90. The molecular formula is C12H12FN3O. The van der Waals surface area contributed by atoms with Gasteiger partial charge in [0.1, 0.15) is 5.82 Å². The zero-order valence-electron chi connectivity index (χ0n) is 9.11. The molecule has 2 N–H and O–H groups in total. The number of carbonyl (C=O) groups excluding carboxylic acids is 1. The molecule has 0 aliphatic rings. The standard InChI is InChI=1S/C12H12FN3O/c13-11-4-2-1-3-10(11)12(17)15-6-5-9-7-14-8-16-9/h1-4,7-8H,5-6H2,(H,14,16)(H,15,17). The molecule has 1 amide bonds. The number of halogens is 1. The average Bonchev–Trinajstić information content (AvgIpc) is 2.82. The van der Waals surface area contributed by atoms with Crippen molar-refractivity contribution in [1.82, 2.24) is 15.3 Å². The lowest BCUT2D eigenvalue weighted by molar-refractivity contribution is 0.0950. The molecule has 0 aliphatic heterocycles. The third-order valence-electron chi connectivity index (χ3n) is 2.35. The van der Waals surface area contributed by atoms with E-state index in [9.17, 15) is 9.18 Å². The first-order chi connectivity index (χ1) is 8.27. The summed E-state index contributed by atoms with van der Waals surface area (Å²) in [6.45, 7) is 0.440. The second-order valence-corrected chi connectivity index (χ2v) is 3.56. The summed E-state index contributed by atoms with van der Waals surface area (Å²) in [5.74, 6) is -0.908. The Morgan fingerprint density at radius 2 is 2.24 bits per heavy atom. The topological polar surface area (TPSA) is 57.8 Å². The number of imidazole rings is 1. The number of nitrogens with one attached hydrogen (secondary N) is 2. The van der Waals surface area contributed by atoms with Gasteiger partial charge in [0.2, 0.25) is 0 Å². The molecule has 0 bridgehead atoms. The van der Waals surface area contributed by atoms with Gasteiger partial charge in [-0.3, -0.25) is 4.79 Å². The molecule has 88 valence electrons. The van der Waals surface area contributed by atoms with Crippen LogP contribution in [0, 0.1) is 5.82 Å². The number of rotatable bonds is 4. The monoisotopic (exact) mass is 233 g/mol. The Labute approximate surface area is 97.9 Å². The minimum absolute atomic E-state index is 0.0668. The number of hydrogen-bond donors (Lipinski definition) is 2. The summed E-state index contributed by atoms with van der Waals surface area (Å²) in [6, 6.07) is 5.91. The van der Waals surface area contributed by atoms with Crippen molar-refractivity contribution in [3.05, 3.63) is 53.9 Å². The van der Waals surface area contributed by atoms with Crippen LogP contribution in [-0.4, -0.2) is 22.4 Å². The molecule has 1 aromatic carbocycles. The minimum atomic E-state index is -0.508. The van der Waals surface area contributed by atoms with Crippen LogP contribution in [0.3, 0.4) is 0 Å². The van der Waals surface area contributed by atoms with E-state index < -0.39 is 11.7 Å². The quantitative estimate of drug-likeness (QED) is 0.841. The number of benzene rings is 1. The molecule has 0 saturated heterocycles. The Morgan fingerprint density at radius 3 is 2.94 bits per heavy atom. The maximum absolute atomic E-state index is 13.3. The second-order valence-electron chi connectivity index (χ2n) is 3.56. The summed E-state index contributed by atoms with van der Waals surface area (Å²) >= 11 is 0. The van der Waals surface area contributed by atoms with Crippen molar-refractivity contribution >= 4 is 5.91 Å². The van der Waals surface area contributed by atoms with E-state index in [1.165, 1.54) is 12.1 Å². The van der Waals surface area contributed by atoms with Crippen LogP contribution in [0.25, 0.3) is 0 Å². The fraction of sp³-hybridized carbons (Fsp3) is 0.167. The molecule has 4 nitrogen and oxygen atoms in total. The molecule has 0 saturated carbocycles. The van der Waals surface area contributed by atoms with Crippen molar-refractivity contribution in [1.29, 1.82) is 0 Å².